The minimum atomic E-state index is -0.406. The van der Waals surface area contributed by atoms with Gasteiger partial charge in [0.15, 0.2) is 0 Å². The topological polar surface area (TPSA) is 58.4 Å². The first-order chi connectivity index (χ1) is 7.75. The zero-order chi connectivity index (χ0) is 13.6. The van der Waals surface area contributed by atoms with Gasteiger partial charge in [-0.05, 0) is 32.4 Å². The Balaban J connectivity index is 4.17. The van der Waals surface area contributed by atoms with Crippen molar-refractivity contribution in [2.24, 2.45) is 17.6 Å². The van der Waals surface area contributed by atoms with E-state index in [1.54, 1.807) is 0 Å². The molecule has 0 rings (SSSR count). The van der Waals surface area contributed by atoms with Gasteiger partial charge in [0.25, 0.3) is 0 Å². The summed E-state index contributed by atoms with van der Waals surface area (Å²) in [6.07, 6.45) is 1.07. The van der Waals surface area contributed by atoms with E-state index >= 15 is 0 Å². The van der Waals surface area contributed by atoms with Crippen molar-refractivity contribution in [3.8, 4) is 0 Å². The highest BCUT2D eigenvalue weighted by Gasteiger charge is 2.19. The van der Waals surface area contributed by atoms with Crippen molar-refractivity contribution in [1.29, 1.82) is 0 Å². The van der Waals surface area contributed by atoms with E-state index in [0.717, 1.165) is 6.42 Å². The molecule has 0 saturated heterocycles. The van der Waals surface area contributed by atoms with Crippen molar-refractivity contribution < 1.29 is 4.79 Å². The molecule has 0 saturated carbocycles. The van der Waals surface area contributed by atoms with Crippen LogP contribution in [0.25, 0.3) is 0 Å². The molecule has 0 aliphatic rings. The highest BCUT2D eigenvalue weighted by atomic mass is 16.2. The maximum Gasteiger partial charge on any atom is 0.237 e. The van der Waals surface area contributed by atoms with E-state index in [2.05, 4.69) is 24.1 Å². The first-order valence-electron chi connectivity index (χ1n) is 6.45. The molecule has 0 bridgehead atoms. The van der Waals surface area contributed by atoms with Gasteiger partial charge in [-0.2, -0.15) is 0 Å². The van der Waals surface area contributed by atoms with Crippen LogP contribution in [0.3, 0.4) is 0 Å². The summed E-state index contributed by atoms with van der Waals surface area (Å²) in [7, 11) is 4.09. The smallest absolute Gasteiger partial charge is 0.237 e. The van der Waals surface area contributed by atoms with Gasteiger partial charge in [-0.3, -0.25) is 4.79 Å². The van der Waals surface area contributed by atoms with Crippen LogP contribution in [-0.2, 0) is 4.79 Å². The number of nitrogens with one attached hydrogen (secondary N) is 1. The molecule has 0 heterocycles. The number of carbonyl (C=O) groups excluding carboxylic acids is 1. The Labute approximate surface area is 106 Å². The summed E-state index contributed by atoms with van der Waals surface area (Å²) in [4.78, 5) is 13.9. The molecule has 0 aromatic rings. The van der Waals surface area contributed by atoms with Crippen LogP contribution < -0.4 is 11.1 Å². The molecule has 17 heavy (non-hydrogen) atoms. The lowest BCUT2D eigenvalue weighted by Crippen LogP contribution is -2.48. The van der Waals surface area contributed by atoms with Crippen LogP contribution in [-0.4, -0.2) is 43.5 Å². The van der Waals surface area contributed by atoms with Crippen LogP contribution in [0.4, 0.5) is 0 Å². The first-order valence-corrected chi connectivity index (χ1v) is 6.45. The zero-order valence-corrected chi connectivity index (χ0v) is 12.2. The first kappa shape index (κ1) is 16.4. The van der Waals surface area contributed by atoms with Crippen LogP contribution in [0.1, 0.15) is 34.1 Å². The molecule has 1 unspecified atom stereocenters. The lowest BCUT2D eigenvalue weighted by molar-refractivity contribution is -0.123. The van der Waals surface area contributed by atoms with Crippen LogP contribution in [0.5, 0.6) is 0 Å². The molecule has 102 valence electrons. The number of rotatable bonds is 7. The Morgan fingerprint density at radius 3 is 2.12 bits per heavy atom. The van der Waals surface area contributed by atoms with Gasteiger partial charge in [0.1, 0.15) is 0 Å². The molecule has 4 heteroatoms. The molecule has 2 atom stereocenters. The molecule has 3 N–H and O–H groups in total. The van der Waals surface area contributed by atoms with Crippen LogP contribution in [0.2, 0.25) is 0 Å². The second-order valence-corrected chi connectivity index (χ2v) is 5.76. The van der Waals surface area contributed by atoms with Gasteiger partial charge in [-0.25, -0.2) is 0 Å². The maximum atomic E-state index is 11.7. The second kappa shape index (κ2) is 7.67. The van der Waals surface area contributed by atoms with Gasteiger partial charge in [-0.1, -0.05) is 27.7 Å². The molecule has 0 radical (unpaired) electrons. The van der Waals surface area contributed by atoms with E-state index in [1.807, 2.05) is 27.9 Å². The molecular weight excluding hydrogens is 214 g/mol. The highest BCUT2D eigenvalue weighted by Crippen LogP contribution is 2.08. The van der Waals surface area contributed by atoms with Crippen molar-refractivity contribution in [2.75, 3.05) is 20.6 Å². The number of amides is 1. The van der Waals surface area contributed by atoms with E-state index in [9.17, 15) is 4.79 Å². The standard InChI is InChI=1S/C13H29N3O/c1-9(2)7-11(16(5)6)8-15-13(17)12(14)10(3)4/h9-12H,7-8,14H2,1-6H3,(H,15,17)/t11?,12-/m0/s1. The highest BCUT2D eigenvalue weighted by molar-refractivity contribution is 5.81. The van der Waals surface area contributed by atoms with Gasteiger partial charge >= 0.3 is 0 Å². The molecular formula is C13H29N3O. The largest absolute Gasteiger partial charge is 0.353 e. The number of likely N-dealkylation sites (N-methyl/N-ethyl adjacent to an activating group) is 1. The van der Waals surface area contributed by atoms with E-state index in [-0.39, 0.29) is 11.8 Å². The summed E-state index contributed by atoms with van der Waals surface area (Å²) in [5.74, 6) is 0.756. The summed E-state index contributed by atoms with van der Waals surface area (Å²) >= 11 is 0. The summed E-state index contributed by atoms with van der Waals surface area (Å²) in [5, 5.41) is 2.94. The van der Waals surface area contributed by atoms with E-state index in [0.29, 0.717) is 18.5 Å². The van der Waals surface area contributed by atoms with Crippen molar-refractivity contribution in [1.82, 2.24) is 10.2 Å². The molecule has 0 aromatic heterocycles. The van der Waals surface area contributed by atoms with E-state index in [4.69, 9.17) is 5.73 Å². The number of carbonyl (C=O) groups is 1. The van der Waals surface area contributed by atoms with Crippen molar-refractivity contribution in [2.45, 2.75) is 46.2 Å². The van der Waals surface area contributed by atoms with Gasteiger partial charge in [0, 0.05) is 12.6 Å². The van der Waals surface area contributed by atoms with Gasteiger partial charge < -0.3 is 16.0 Å². The van der Waals surface area contributed by atoms with Crippen LogP contribution >= 0.6 is 0 Å². The Hall–Kier alpha value is -0.610. The second-order valence-electron chi connectivity index (χ2n) is 5.76. The van der Waals surface area contributed by atoms with Crippen molar-refractivity contribution in [3.63, 3.8) is 0 Å². The van der Waals surface area contributed by atoms with E-state index < -0.39 is 6.04 Å². The molecule has 4 nitrogen and oxygen atoms in total. The molecule has 0 aliphatic heterocycles. The fourth-order valence-electron chi connectivity index (χ4n) is 1.66. The van der Waals surface area contributed by atoms with Gasteiger partial charge in [-0.15, -0.1) is 0 Å². The van der Waals surface area contributed by atoms with Crippen LogP contribution in [0, 0.1) is 11.8 Å². The van der Waals surface area contributed by atoms with Crippen LogP contribution in [0.15, 0.2) is 0 Å². The quantitative estimate of drug-likeness (QED) is 0.703. The Morgan fingerprint density at radius 2 is 1.76 bits per heavy atom. The number of nitrogens with zero attached hydrogens (tertiary/aromatic N) is 1. The third kappa shape index (κ3) is 6.64. The Bertz CT molecular complexity index is 227. The lowest BCUT2D eigenvalue weighted by Gasteiger charge is -2.27. The Kier molecular flexibility index (Phi) is 7.39. The number of nitrogens with two attached hydrogens (primary N) is 1. The molecule has 0 aromatic carbocycles. The van der Waals surface area contributed by atoms with Gasteiger partial charge in [0.05, 0.1) is 6.04 Å². The minimum Gasteiger partial charge on any atom is -0.353 e. The fourth-order valence-corrected chi connectivity index (χ4v) is 1.66. The van der Waals surface area contributed by atoms with E-state index in [1.165, 1.54) is 0 Å². The molecule has 0 spiro atoms. The fraction of sp³-hybridized carbons (Fsp3) is 0.923. The molecule has 0 fully saturated rings. The molecule has 1 amide bonds. The third-order valence-corrected chi connectivity index (χ3v) is 3.01. The number of hydrogen-bond acceptors (Lipinski definition) is 3. The summed E-state index contributed by atoms with van der Waals surface area (Å²) in [6, 6.07) is -0.0322. The maximum absolute atomic E-state index is 11.7. The summed E-state index contributed by atoms with van der Waals surface area (Å²) in [6.45, 7) is 8.98. The van der Waals surface area contributed by atoms with Crippen molar-refractivity contribution >= 4 is 5.91 Å². The molecule has 0 aliphatic carbocycles. The Morgan fingerprint density at radius 1 is 1.24 bits per heavy atom. The van der Waals surface area contributed by atoms with Gasteiger partial charge in [0.2, 0.25) is 5.91 Å². The SMILES string of the molecule is CC(C)CC(CNC(=O)[C@@H](N)C(C)C)N(C)C. The van der Waals surface area contributed by atoms with Crippen molar-refractivity contribution in [3.05, 3.63) is 0 Å². The zero-order valence-electron chi connectivity index (χ0n) is 12.2. The predicted octanol–water partition coefficient (Wildman–Crippen LogP) is 1.06. The lowest BCUT2D eigenvalue weighted by atomic mass is 10.0. The average molecular weight is 243 g/mol. The number of hydrogen-bond donors (Lipinski definition) is 2. The normalized spacial score (nSPS) is 15.4. The third-order valence-electron chi connectivity index (χ3n) is 3.01. The monoisotopic (exact) mass is 243 g/mol. The predicted molar refractivity (Wildman–Crippen MR) is 72.8 cm³/mol. The summed E-state index contributed by atoms with van der Waals surface area (Å²) in [5.41, 5.74) is 5.80. The average Bonchev–Trinajstić information content (AvgIpc) is 2.21. The minimum absolute atomic E-state index is 0.0457. The summed E-state index contributed by atoms with van der Waals surface area (Å²) < 4.78 is 0.